The molecule has 3 rings (SSSR count). The third kappa shape index (κ3) is 6.15. The molecule has 1 amide bonds. The number of rotatable bonds is 8. The van der Waals surface area contributed by atoms with E-state index in [1.807, 2.05) is 0 Å². The van der Waals surface area contributed by atoms with Crippen LogP contribution in [0.15, 0.2) is 6.33 Å². The van der Waals surface area contributed by atoms with Crippen LogP contribution in [0.25, 0.3) is 0 Å². The summed E-state index contributed by atoms with van der Waals surface area (Å²) >= 11 is 12.3. The van der Waals surface area contributed by atoms with Gasteiger partial charge in [0.25, 0.3) is 5.91 Å². The Balaban J connectivity index is 1.73. The second-order valence-electron chi connectivity index (χ2n) is 6.84. The lowest BCUT2D eigenvalue weighted by Gasteiger charge is -2.29. The maximum atomic E-state index is 12.0. The van der Waals surface area contributed by atoms with Gasteiger partial charge in [-0.2, -0.15) is 8.62 Å². The third-order valence-corrected chi connectivity index (χ3v) is 8.75. The van der Waals surface area contributed by atoms with Crippen LogP contribution in [0.1, 0.15) is 23.6 Å². The number of nitrogens with one attached hydrogen (secondary N) is 2. The van der Waals surface area contributed by atoms with Crippen molar-refractivity contribution in [2.75, 3.05) is 11.9 Å². The number of phosphoric ester groups is 1. The monoisotopic (exact) mass is 576 g/mol. The highest BCUT2D eigenvalue weighted by Gasteiger charge is 2.55. The number of alkyl halides is 2. The van der Waals surface area contributed by atoms with Crippen LogP contribution in [-0.2, 0) is 31.6 Å². The van der Waals surface area contributed by atoms with E-state index in [0.717, 1.165) is 0 Å². The van der Waals surface area contributed by atoms with Crippen molar-refractivity contribution in [3.05, 3.63) is 12.0 Å². The quantitative estimate of drug-likeness (QED) is 0.124. The molecule has 22 heteroatoms. The Morgan fingerprint density at radius 1 is 1.21 bits per heavy atom. The van der Waals surface area contributed by atoms with Crippen molar-refractivity contribution >= 4 is 58.4 Å². The minimum Gasteiger partial charge on any atom is -0.388 e. The number of anilines is 1. The fourth-order valence-electron chi connectivity index (χ4n) is 3.01. The zero-order chi connectivity index (χ0) is 25.0. The molecule has 33 heavy (non-hydrogen) atoms. The molecular formula is C11H17Cl2N4O13P3. The summed E-state index contributed by atoms with van der Waals surface area (Å²) in [6.45, 7) is 0.411. The van der Waals surface area contributed by atoms with Crippen LogP contribution >= 0.6 is 46.7 Å². The van der Waals surface area contributed by atoms with Gasteiger partial charge in [0, 0.05) is 0 Å². The van der Waals surface area contributed by atoms with E-state index in [2.05, 4.69) is 28.8 Å². The first kappa shape index (κ1) is 27.0. The van der Waals surface area contributed by atoms with E-state index >= 15 is 0 Å². The third-order valence-electron chi connectivity index (χ3n) is 4.32. The number of aliphatic hydroxyl groups excluding tert-OH is 1. The number of ether oxygens (including phenoxy) is 1. The summed E-state index contributed by atoms with van der Waals surface area (Å²) in [5, 5.41) is 15.6. The predicted octanol–water partition coefficient (Wildman–Crippen LogP) is 0.160. The Kier molecular flexibility index (Phi) is 7.46. The Bertz CT molecular complexity index is 1080. The van der Waals surface area contributed by atoms with Gasteiger partial charge < -0.3 is 40.1 Å². The van der Waals surface area contributed by atoms with Gasteiger partial charge in [-0.3, -0.25) is 13.9 Å². The Morgan fingerprint density at radius 2 is 1.85 bits per heavy atom. The average Bonchev–Trinajstić information content (AvgIpc) is 3.10. The summed E-state index contributed by atoms with van der Waals surface area (Å²) in [5.41, 5.74) is -1.04. The Labute approximate surface area is 194 Å². The first-order chi connectivity index (χ1) is 14.9. The number of carbonyl (C=O) groups excluding carboxylic acids is 1. The summed E-state index contributed by atoms with van der Waals surface area (Å²) in [6, 6.07) is 0. The van der Waals surface area contributed by atoms with E-state index in [4.69, 9.17) is 37.7 Å². The van der Waals surface area contributed by atoms with E-state index in [1.54, 1.807) is 0 Å². The lowest BCUT2D eigenvalue weighted by Crippen LogP contribution is -2.43. The number of imidazole rings is 1. The van der Waals surface area contributed by atoms with Crippen molar-refractivity contribution in [3.63, 3.8) is 0 Å². The van der Waals surface area contributed by atoms with Crippen LogP contribution in [0.3, 0.4) is 0 Å². The van der Waals surface area contributed by atoms with Gasteiger partial charge in [-0.15, -0.1) is 11.6 Å². The van der Waals surface area contributed by atoms with Gasteiger partial charge in [0.1, 0.15) is 22.9 Å². The zero-order valence-corrected chi connectivity index (χ0v) is 20.3. The molecule has 0 radical (unpaired) electrons. The standard InChI is InChI=1S/C11H17Cl2N4O13P3/c1-11(13)6(18)4(2-27-32(23,24)30-33(25,26)29-31(20,21)22)28-9(11)17-3-14-5-7(17)15-10(12)16-8(5)19/h3-4,6,9-10,15,18H,2H2,1H3,(H,16,19)(H,23,24)(H,25,26)(H2,20,21,22)/t4-,6-,9-,10?,11-/m1/s1. The molecule has 3 heterocycles. The molecular weight excluding hydrogens is 560 g/mol. The smallest absolute Gasteiger partial charge is 0.388 e. The highest BCUT2D eigenvalue weighted by molar-refractivity contribution is 7.66. The fraction of sp³-hybridized carbons (Fsp3) is 0.636. The van der Waals surface area contributed by atoms with Crippen molar-refractivity contribution in [2.24, 2.45) is 0 Å². The number of aliphatic hydroxyl groups is 1. The predicted molar refractivity (Wildman–Crippen MR) is 107 cm³/mol. The number of hydrogen-bond acceptors (Lipinski definition) is 11. The van der Waals surface area contributed by atoms with Gasteiger partial charge in [0.2, 0.25) is 0 Å². The number of carbonyl (C=O) groups is 1. The van der Waals surface area contributed by atoms with E-state index in [1.165, 1.54) is 17.8 Å². The number of fused-ring (bicyclic) bond motifs is 1. The Hall–Kier alpha value is -0.610. The molecule has 7 N–H and O–H groups in total. The number of nitrogens with zero attached hydrogens (tertiary/aromatic N) is 2. The van der Waals surface area contributed by atoms with E-state index < -0.39 is 64.9 Å². The molecule has 0 saturated carbocycles. The molecule has 7 atom stereocenters. The molecule has 2 aliphatic rings. The lowest BCUT2D eigenvalue weighted by molar-refractivity contribution is -0.0438. The molecule has 1 aromatic heterocycles. The van der Waals surface area contributed by atoms with Crippen LogP contribution in [-0.4, -0.2) is 69.5 Å². The summed E-state index contributed by atoms with van der Waals surface area (Å²) < 4.78 is 52.5. The lowest BCUT2D eigenvalue weighted by atomic mass is 10.0. The van der Waals surface area contributed by atoms with Crippen molar-refractivity contribution in [1.29, 1.82) is 0 Å². The van der Waals surface area contributed by atoms with Crippen LogP contribution in [0.4, 0.5) is 5.82 Å². The van der Waals surface area contributed by atoms with Crippen LogP contribution in [0.5, 0.6) is 0 Å². The summed E-state index contributed by atoms with van der Waals surface area (Å²) in [5.74, 6) is -0.488. The highest BCUT2D eigenvalue weighted by Crippen LogP contribution is 2.66. The van der Waals surface area contributed by atoms with E-state index in [9.17, 15) is 33.4 Å². The van der Waals surface area contributed by atoms with Gasteiger partial charge in [0.15, 0.2) is 17.5 Å². The molecule has 1 fully saturated rings. The SMILES string of the molecule is C[C@@]1(Cl)[C@H](O)[C@@H](COP(=O)(O)OP(=O)(O)OP(=O)(O)O)O[C@H]1n1cnc2c1NC(Cl)NC2=O. The van der Waals surface area contributed by atoms with E-state index in [-0.39, 0.29) is 11.5 Å². The second kappa shape index (κ2) is 9.12. The van der Waals surface area contributed by atoms with Crippen molar-refractivity contribution in [2.45, 2.75) is 35.9 Å². The molecule has 2 aliphatic heterocycles. The van der Waals surface area contributed by atoms with Gasteiger partial charge in [0.05, 0.1) is 12.9 Å². The zero-order valence-electron chi connectivity index (χ0n) is 16.1. The summed E-state index contributed by atoms with van der Waals surface area (Å²) in [4.78, 5) is 50.1. The number of amides is 1. The molecule has 0 aromatic carbocycles. The van der Waals surface area contributed by atoms with Crippen molar-refractivity contribution < 1.29 is 61.1 Å². The molecule has 3 unspecified atom stereocenters. The first-order valence-electron chi connectivity index (χ1n) is 8.51. The number of halogens is 2. The molecule has 0 spiro atoms. The van der Waals surface area contributed by atoms with Crippen LogP contribution in [0, 0.1) is 0 Å². The van der Waals surface area contributed by atoms with Crippen LogP contribution in [0.2, 0.25) is 0 Å². The van der Waals surface area contributed by atoms with Gasteiger partial charge in [-0.05, 0) is 6.92 Å². The average molecular weight is 577 g/mol. The molecule has 17 nitrogen and oxygen atoms in total. The summed E-state index contributed by atoms with van der Waals surface area (Å²) in [6.07, 6.45) is -3.04. The Morgan fingerprint density at radius 3 is 2.45 bits per heavy atom. The topological polar surface area (TPSA) is 248 Å². The van der Waals surface area contributed by atoms with Crippen molar-refractivity contribution in [1.82, 2.24) is 14.9 Å². The molecule has 1 saturated heterocycles. The molecule has 188 valence electrons. The molecule has 0 aliphatic carbocycles. The second-order valence-corrected chi connectivity index (χ2v) is 12.5. The maximum absolute atomic E-state index is 12.0. The summed E-state index contributed by atoms with van der Waals surface area (Å²) in [7, 11) is -16.7. The minimum atomic E-state index is -5.72. The van der Waals surface area contributed by atoms with Gasteiger partial charge >= 0.3 is 23.5 Å². The van der Waals surface area contributed by atoms with Gasteiger partial charge in [-0.25, -0.2) is 18.7 Å². The van der Waals surface area contributed by atoms with Gasteiger partial charge in [-0.1, -0.05) is 11.6 Å². The fourth-order valence-corrected chi connectivity index (χ4v) is 6.54. The van der Waals surface area contributed by atoms with Crippen molar-refractivity contribution in [3.8, 4) is 0 Å². The maximum Gasteiger partial charge on any atom is 0.490 e. The highest BCUT2D eigenvalue weighted by atomic mass is 35.5. The number of aromatic nitrogens is 2. The normalized spacial score (nSPS) is 33.5. The molecule has 0 bridgehead atoms. The largest absolute Gasteiger partial charge is 0.490 e. The number of phosphoric acid groups is 3. The number of hydrogen-bond donors (Lipinski definition) is 7. The van der Waals surface area contributed by atoms with E-state index in [0.29, 0.717) is 0 Å². The molecule has 1 aromatic rings. The minimum absolute atomic E-state index is 0.0471. The van der Waals surface area contributed by atoms with Crippen LogP contribution < -0.4 is 10.6 Å². The first-order valence-corrected chi connectivity index (χ1v) is 13.8.